The molecule has 0 spiro atoms. The van der Waals surface area contributed by atoms with Crippen molar-refractivity contribution < 1.29 is 22.7 Å². The number of carbonyl (C=O) groups is 1. The largest absolute Gasteiger partial charge is 0.450 e. The zero-order valence-corrected chi connectivity index (χ0v) is 17.5. The maximum Gasteiger partial charge on any atom is 0.409 e. The second kappa shape index (κ2) is 8.64. The van der Waals surface area contributed by atoms with Gasteiger partial charge in [0, 0.05) is 41.5 Å². The minimum Gasteiger partial charge on any atom is -0.450 e. The van der Waals surface area contributed by atoms with E-state index in [1.807, 2.05) is 5.38 Å². The summed E-state index contributed by atoms with van der Waals surface area (Å²) in [4.78, 5) is 18.0. The molecule has 6 nitrogen and oxygen atoms in total. The minimum atomic E-state index is -4.26. The molecule has 1 aliphatic heterocycles. The number of hydrogen-bond acceptors (Lipinski definition) is 5. The fourth-order valence-corrected chi connectivity index (χ4v) is 4.33. The number of hydrogen-bond donors (Lipinski definition) is 1. The van der Waals surface area contributed by atoms with E-state index in [2.05, 4.69) is 10.3 Å². The van der Waals surface area contributed by atoms with Gasteiger partial charge in [0.25, 0.3) is 0 Å². The van der Waals surface area contributed by atoms with Gasteiger partial charge in [0.15, 0.2) is 5.13 Å². The number of likely N-dealkylation sites (tertiary alicyclic amines) is 1. The van der Waals surface area contributed by atoms with Crippen molar-refractivity contribution in [2.45, 2.75) is 52.4 Å². The van der Waals surface area contributed by atoms with Gasteiger partial charge < -0.3 is 19.5 Å². The molecule has 0 unspecified atom stereocenters. The van der Waals surface area contributed by atoms with Crippen molar-refractivity contribution in [1.29, 1.82) is 0 Å². The summed E-state index contributed by atoms with van der Waals surface area (Å²) in [6.07, 6.45) is -2.97. The highest BCUT2D eigenvalue weighted by atomic mass is 32.1. The molecule has 160 valence electrons. The van der Waals surface area contributed by atoms with E-state index < -0.39 is 12.7 Å². The number of aryl methyl sites for hydroxylation is 1. The van der Waals surface area contributed by atoms with Crippen LogP contribution in [-0.2, 0) is 11.3 Å². The van der Waals surface area contributed by atoms with E-state index in [1.54, 1.807) is 31.7 Å². The van der Waals surface area contributed by atoms with Crippen LogP contribution in [0.1, 0.15) is 31.2 Å². The normalized spacial score (nSPS) is 15.6. The van der Waals surface area contributed by atoms with E-state index in [-0.39, 0.29) is 12.1 Å². The number of ether oxygens (including phenoxy) is 1. The molecule has 1 aliphatic rings. The summed E-state index contributed by atoms with van der Waals surface area (Å²) in [6, 6.07) is 1.94. The molecule has 0 bridgehead atoms. The summed E-state index contributed by atoms with van der Waals surface area (Å²) in [5.74, 6) is 0. The Morgan fingerprint density at radius 1 is 1.34 bits per heavy atom. The fraction of sp³-hybridized carbons (Fsp3) is 0.579. The molecular weight excluding hydrogens is 405 g/mol. The van der Waals surface area contributed by atoms with Crippen molar-refractivity contribution in [3.63, 3.8) is 0 Å². The molecule has 1 amide bonds. The number of anilines is 1. The topological polar surface area (TPSA) is 59.4 Å². The first-order valence-electron chi connectivity index (χ1n) is 9.55. The molecule has 0 saturated carbocycles. The van der Waals surface area contributed by atoms with Crippen molar-refractivity contribution in [2.24, 2.45) is 0 Å². The Morgan fingerprint density at radius 2 is 2.03 bits per heavy atom. The number of nitrogens with zero attached hydrogens (tertiary/aromatic N) is 3. The van der Waals surface area contributed by atoms with Gasteiger partial charge in [0.05, 0.1) is 12.3 Å². The van der Waals surface area contributed by atoms with Gasteiger partial charge in [0.1, 0.15) is 6.54 Å². The van der Waals surface area contributed by atoms with Crippen LogP contribution in [0.5, 0.6) is 0 Å². The van der Waals surface area contributed by atoms with Gasteiger partial charge in [-0.15, -0.1) is 11.3 Å². The van der Waals surface area contributed by atoms with Crippen LogP contribution in [0, 0.1) is 13.8 Å². The van der Waals surface area contributed by atoms with Gasteiger partial charge in [-0.3, -0.25) is 0 Å². The lowest BCUT2D eigenvalue weighted by Crippen LogP contribution is -2.42. The monoisotopic (exact) mass is 430 g/mol. The van der Waals surface area contributed by atoms with Crippen molar-refractivity contribution in [2.75, 3.05) is 25.0 Å². The smallest absolute Gasteiger partial charge is 0.409 e. The zero-order valence-electron chi connectivity index (χ0n) is 16.7. The number of amides is 1. The molecule has 3 heterocycles. The molecule has 1 fully saturated rings. The predicted octanol–water partition coefficient (Wildman–Crippen LogP) is 4.82. The Bertz CT molecular complexity index is 854. The molecule has 2 aromatic rings. The molecule has 0 atom stereocenters. The molecule has 1 N–H and O–H groups in total. The van der Waals surface area contributed by atoms with Gasteiger partial charge >= 0.3 is 12.3 Å². The number of piperidine rings is 1. The predicted molar refractivity (Wildman–Crippen MR) is 106 cm³/mol. The lowest BCUT2D eigenvalue weighted by molar-refractivity contribution is -0.141. The van der Waals surface area contributed by atoms with Crippen LogP contribution in [0.25, 0.3) is 11.3 Å². The first-order chi connectivity index (χ1) is 13.7. The van der Waals surface area contributed by atoms with Gasteiger partial charge in [0.2, 0.25) is 0 Å². The first-order valence-corrected chi connectivity index (χ1v) is 10.4. The quantitative estimate of drug-likeness (QED) is 0.739. The van der Waals surface area contributed by atoms with Gasteiger partial charge in [-0.2, -0.15) is 13.2 Å². The molecule has 1 saturated heterocycles. The molecular formula is C19H25F3N4O2S. The Kier molecular flexibility index (Phi) is 6.40. The summed E-state index contributed by atoms with van der Waals surface area (Å²) in [6.45, 7) is 5.74. The van der Waals surface area contributed by atoms with Crippen LogP contribution < -0.4 is 5.32 Å². The van der Waals surface area contributed by atoms with Crippen molar-refractivity contribution in [3.8, 4) is 11.3 Å². The Labute approximate surface area is 171 Å². The van der Waals surface area contributed by atoms with E-state index in [4.69, 9.17) is 4.74 Å². The highest BCUT2D eigenvalue weighted by molar-refractivity contribution is 7.14. The van der Waals surface area contributed by atoms with Crippen molar-refractivity contribution in [3.05, 3.63) is 22.8 Å². The number of halogens is 3. The Balaban J connectivity index is 1.64. The maximum atomic E-state index is 12.8. The summed E-state index contributed by atoms with van der Waals surface area (Å²) in [5.41, 5.74) is 2.50. The number of rotatable bonds is 5. The highest BCUT2D eigenvalue weighted by Gasteiger charge is 2.30. The molecule has 0 aliphatic carbocycles. The van der Waals surface area contributed by atoms with E-state index in [0.29, 0.717) is 42.3 Å². The second-order valence-electron chi connectivity index (χ2n) is 7.13. The van der Waals surface area contributed by atoms with Crippen molar-refractivity contribution in [1.82, 2.24) is 14.5 Å². The zero-order chi connectivity index (χ0) is 21.2. The number of carbonyl (C=O) groups excluding carboxylic acids is 1. The van der Waals surface area contributed by atoms with Crippen molar-refractivity contribution >= 4 is 22.6 Å². The van der Waals surface area contributed by atoms with Crippen LogP contribution >= 0.6 is 11.3 Å². The lowest BCUT2D eigenvalue weighted by atomic mass is 10.1. The number of aromatic nitrogens is 2. The van der Waals surface area contributed by atoms with Gasteiger partial charge in [-0.05, 0) is 39.7 Å². The third-order valence-corrected chi connectivity index (χ3v) is 5.81. The lowest BCUT2D eigenvalue weighted by Gasteiger charge is -2.31. The number of thiazole rings is 1. The fourth-order valence-electron chi connectivity index (χ4n) is 3.54. The molecule has 3 rings (SSSR count). The molecule has 29 heavy (non-hydrogen) atoms. The summed E-state index contributed by atoms with van der Waals surface area (Å²) in [5, 5.41) is 5.97. The maximum absolute atomic E-state index is 12.8. The third-order valence-electron chi connectivity index (χ3n) is 5.04. The average molecular weight is 430 g/mol. The van der Waals surface area contributed by atoms with Crippen LogP contribution in [-0.4, -0.2) is 52.5 Å². The highest BCUT2D eigenvalue weighted by Crippen LogP contribution is 2.32. The Hall–Kier alpha value is -2.23. The SMILES string of the molecule is CCOC(=O)N1CCC(Nc2nc(-c3cc(C)n(CC(F)(F)F)c3C)cs2)CC1. The molecule has 2 aromatic heterocycles. The minimum absolute atomic E-state index is 0.192. The standard InChI is InChI=1S/C19H25F3N4O2S/c1-4-28-18(27)25-7-5-14(6-8-25)23-17-24-16(10-29-17)15-9-12(2)26(13(15)3)11-19(20,21)22/h9-10,14H,4-8,11H2,1-3H3,(H,23,24). The average Bonchev–Trinajstić information content (AvgIpc) is 3.21. The number of alkyl halides is 3. The van der Waals surface area contributed by atoms with E-state index in [0.717, 1.165) is 18.0 Å². The van der Waals surface area contributed by atoms with E-state index in [9.17, 15) is 18.0 Å². The summed E-state index contributed by atoms with van der Waals surface area (Å²) in [7, 11) is 0. The third kappa shape index (κ3) is 5.23. The molecule has 10 heteroatoms. The van der Waals surface area contributed by atoms with Gasteiger partial charge in [-0.1, -0.05) is 0 Å². The molecule has 0 aromatic carbocycles. The first kappa shape index (κ1) is 21.5. The van der Waals surface area contributed by atoms with Crippen LogP contribution in [0.4, 0.5) is 23.1 Å². The van der Waals surface area contributed by atoms with E-state index >= 15 is 0 Å². The van der Waals surface area contributed by atoms with Crippen LogP contribution in [0.2, 0.25) is 0 Å². The van der Waals surface area contributed by atoms with Gasteiger partial charge in [-0.25, -0.2) is 9.78 Å². The number of nitrogens with one attached hydrogen (secondary N) is 1. The second-order valence-corrected chi connectivity index (χ2v) is 7.99. The van der Waals surface area contributed by atoms with E-state index in [1.165, 1.54) is 15.9 Å². The molecule has 0 radical (unpaired) electrons. The van der Waals surface area contributed by atoms with Crippen LogP contribution in [0.15, 0.2) is 11.4 Å². The van der Waals surface area contributed by atoms with Crippen LogP contribution in [0.3, 0.4) is 0 Å². The summed E-state index contributed by atoms with van der Waals surface area (Å²) >= 11 is 1.43. The summed E-state index contributed by atoms with van der Waals surface area (Å²) < 4.78 is 44.8. The Morgan fingerprint density at radius 3 is 2.66 bits per heavy atom.